The van der Waals surface area contributed by atoms with Crippen LogP contribution in [0.4, 0.5) is 26.3 Å². The van der Waals surface area contributed by atoms with Gasteiger partial charge in [0.1, 0.15) is 0 Å². The van der Waals surface area contributed by atoms with Gasteiger partial charge in [-0.05, 0) is 0 Å². The highest BCUT2D eigenvalue weighted by atomic mass is 32.3. The smallest absolute Gasteiger partial charge is 0.511 e. The molecule has 0 saturated carbocycles. The first-order valence-corrected chi connectivity index (χ1v) is 5.64. The Balaban J connectivity index is 5.70. The van der Waals surface area contributed by atoms with E-state index in [4.69, 9.17) is 0 Å². The van der Waals surface area contributed by atoms with Crippen LogP contribution in [0.1, 0.15) is 0 Å². The van der Waals surface area contributed by atoms with Crippen molar-refractivity contribution in [3.05, 3.63) is 5.21 Å². The molecule has 16 heavy (non-hydrogen) atoms. The molecule has 0 aromatic carbocycles. The Hall–Kier alpha value is -0.600. The summed E-state index contributed by atoms with van der Waals surface area (Å²) in [6, 6.07) is 0. The molecule has 0 aromatic heterocycles. The second-order valence-corrected chi connectivity index (χ2v) is 5.79. The van der Waals surface area contributed by atoms with Gasteiger partial charge in [0, 0.05) is 0 Å². The molecule has 0 heterocycles. The van der Waals surface area contributed by atoms with E-state index in [1.54, 1.807) is 0 Å². The lowest BCUT2D eigenvalue weighted by Crippen LogP contribution is -2.45. The summed E-state index contributed by atoms with van der Waals surface area (Å²) < 4.78 is 106. The van der Waals surface area contributed by atoms with E-state index in [0.717, 1.165) is 0 Å². The molecule has 0 fully saturated rings. The van der Waals surface area contributed by atoms with E-state index in [1.165, 1.54) is 0 Å². The first kappa shape index (κ1) is 15.4. The monoisotopic (exact) mass is 296 g/mol. The van der Waals surface area contributed by atoms with Crippen molar-refractivity contribution < 1.29 is 43.2 Å². The summed E-state index contributed by atoms with van der Waals surface area (Å²) in [7, 11) is -14.3. The zero-order valence-corrected chi connectivity index (χ0v) is 8.21. The van der Waals surface area contributed by atoms with Gasteiger partial charge in [-0.2, -0.15) is 30.2 Å². The zero-order valence-electron chi connectivity index (χ0n) is 6.57. The maximum absolute atomic E-state index is 11.5. The molecule has 0 aromatic rings. The maximum atomic E-state index is 11.5. The first-order valence-electron chi connectivity index (χ1n) is 2.76. The van der Waals surface area contributed by atoms with Gasteiger partial charge >= 0.3 is 31.1 Å². The lowest BCUT2D eigenvalue weighted by atomic mass is 11.6. The second-order valence-electron chi connectivity index (χ2n) is 2.07. The van der Waals surface area contributed by atoms with Gasteiger partial charge in [0.15, 0.2) is 0 Å². The summed E-state index contributed by atoms with van der Waals surface area (Å²) in [4.78, 5) is 0. The summed E-state index contributed by atoms with van der Waals surface area (Å²) in [6.45, 7) is 0. The molecule has 0 spiro atoms. The van der Waals surface area contributed by atoms with Crippen molar-refractivity contribution in [1.82, 2.24) is 3.87 Å². The highest BCUT2D eigenvalue weighted by Crippen LogP contribution is 2.34. The average Bonchev–Trinajstić information content (AvgIpc) is 1.98. The molecule has 0 rings (SSSR count). The van der Waals surface area contributed by atoms with Gasteiger partial charge < -0.3 is 5.21 Å². The Morgan fingerprint density at radius 3 is 1.06 bits per heavy atom. The summed E-state index contributed by atoms with van der Waals surface area (Å²) in [6.07, 6.45) is 0. The third-order valence-electron chi connectivity index (χ3n) is 0.977. The second kappa shape index (κ2) is 3.71. The van der Waals surface area contributed by atoms with Crippen LogP contribution in [0.25, 0.3) is 0 Å². The third kappa shape index (κ3) is 2.38. The molecule has 0 saturated heterocycles. The van der Waals surface area contributed by atoms with E-state index < -0.39 is 34.9 Å². The van der Waals surface area contributed by atoms with Crippen LogP contribution in [-0.4, -0.2) is 31.7 Å². The minimum atomic E-state index is -7.15. The van der Waals surface area contributed by atoms with E-state index in [0.29, 0.717) is 0 Å². The van der Waals surface area contributed by atoms with Crippen molar-refractivity contribution in [2.75, 3.05) is 0 Å². The van der Waals surface area contributed by atoms with Crippen LogP contribution in [-0.2, 0) is 20.0 Å². The molecule has 0 bridgehead atoms. The molecule has 0 aliphatic rings. The van der Waals surface area contributed by atoms with Crippen molar-refractivity contribution in [1.29, 1.82) is 0 Å². The van der Waals surface area contributed by atoms with Crippen LogP contribution >= 0.6 is 0 Å². The van der Waals surface area contributed by atoms with Gasteiger partial charge in [-0.15, -0.1) is 0 Å². The highest BCUT2D eigenvalue weighted by Gasteiger charge is 2.57. The van der Waals surface area contributed by atoms with Crippen molar-refractivity contribution >= 4 is 20.0 Å². The van der Waals surface area contributed by atoms with Crippen LogP contribution in [0.15, 0.2) is 0 Å². The molecule has 14 heteroatoms. The van der Waals surface area contributed by atoms with Gasteiger partial charge in [0.2, 0.25) is 0 Å². The van der Waals surface area contributed by atoms with Crippen LogP contribution in [0.5, 0.6) is 0 Å². The topological polar surface area (TPSA) is 94.6 Å². The van der Waals surface area contributed by atoms with E-state index in [9.17, 15) is 48.4 Å². The summed E-state index contributed by atoms with van der Waals surface area (Å²) in [5, 5.41) is 10.1. The predicted octanol–water partition coefficient (Wildman–Crippen LogP) is 0.485. The zero-order chi connectivity index (χ0) is 13.6. The van der Waals surface area contributed by atoms with Crippen molar-refractivity contribution in [3.63, 3.8) is 0 Å². The molecule has 0 N–H and O–H groups in total. The van der Waals surface area contributed by atoms with Crippen LogP contribution in [0.3, 0.4) is 0 Å². The molecule has 0 amide bonds. The van der Waals surface area contributed by atoms with Crippen molar-refractivity contribution in [3.8, 4) is 0 Å². The lowest BCUT2D eigenvalue weighted by Gasteiger charge is -2.27. The van der Waals surface area contributed by atoms with Crippen LogP contribution in [0, 0.1) is 5.21 Å². The summed E-state index contributed by atoms with van der Waals surface area (Å²) in [5.41, 5.74) is -12.9. The van der Waals surface area contributed by atoms with E-state index in [1.807, 2.05) is 0 Å². The number of sulfonamides is 2. The minimum absolute atomic E-state index is 3.01. The predicted molar refractivity (Wildman–Crippen MR) is 35.2 cm³/mol. The number of alkyl halides is 6. The minimum Gasteiger partial charge on any atom is -0.758 e. The number of rotatable bonds is 2. The van der Waals surface area contributed by atoms with E-state index in [-0.39, 0.29) is 0 Å². The largest absolute Gasteiger partial charge is 0.758 e. The Morgan fingerprint density at radius 1 is 0.750 bits per heavy atom. The van der Waals surface area contributed by atoms with E-state index >= 15 is 0 Å². The molecule has 98 valence electrons. The van der Waals surface area contributed by atoms with E-state index in [2.05, 4.69) is 0 Å². The quantitative estimate of drug-likeness (QED) is 0.546. The molecule has 0 atom stereocenters. The van der Waals surface area contributed by atoms with Gasteiger partial charge in [-0.1, -0.05) is 0 Å². The SMILES string of the molecule is O=S(=O)(N([O-])S(=O)(=O)C(F)(F)F)C(F)(F)F. The summed E-state index contributed by atoms with van der Waals surface area (Å²) >= 11 is 0. The fraction of sp³-hybridized carbons (Fsp3) is 1.00. The Labute approximate surface area is 84.1 Å². The standard InChI is InChI=1S/C2F6NO5S2/c3-1(4,5)15(11,12)9(10)16(13,14)2(6,7)8/q-1. The van der Waals surface area contributed by atoms with Crippen LogP contribution in [0.2, 0.25) is 0 Å². The first-order chi connectivity index (χ1) is 6.65. The molecule has 0 unspecified atom stereocenters. The Bertz CT molecular complexity index is 412. The molecular weight excluding hydrogens is 296 g/mol. The van der Waals surface area contributed by atoms with Gasteiger partial charge in [-0.25, -0.2) is 16.8 Å². The van der Waals surface area contributed by atoms with Gasteiger partial charge in [-0.3, -0.25) is 0 Å². The Kier molecular flexibility index (Phi) is 3.57. The average molecular weight is 296 g/mol. The van der Waals surface area contributed by atoms with Crippen LogP contribution < -0.4 is 0 Å². The fourth-order valence-electron chi connectivity index (χ4n) is 0.298. The summed E-state index contributed by atoms with van der Waals surface area (Å²) in [5.74, 6) is 0. The molecule has 0 radical (unpaired) electrons. The fourth-order valence-corrected chi connectivity index (χ4v) is 2.18. The van der Waals surface area contributed by atoms with Crippen molar-refractivity contribution in [2.45, 2.75) is 11.0 Å². The number of hydrogen-bond acceptors (Lipinski definition) is 5. The van der Waals surface area contributed by atoms with Crippen molar-refractivity contribution in [2.24, 2.45) is 0 Å². The van der Waals surface area contributed by atoms with Gasteiger partial charge in [0.05, 0.1) is 0 Å². The normalized spacial score (nSPS) is 15.5. The molecule has 0 aliphatic carbocycles. The maximum Gasteiger partial charge on any atom is 0.511 e. The molecular formula is C2F6NO5S2-. The third-order valence-corrected chi connectivity index (χ3v) is 4.11. The lowest BCUT2D eigenvalue weighted by molar-refractivity contribution is -0.0516. The molecule has 6 nitrogen and oxygen atoms in total. The Morgan fingerprint density at radius 2 is 0.938 bits per heavy atom. The number of halogens is 6. The van der Waals surface area contributed by atoms with Gasteiger partial charge in [0.25, 0.3) is 0 Å². The molecule has 0 aliphatic heterocycles. The number of nitrogens with zero attached hydrogens (tertiary/aromatic N) is 1. The highest BCUT2D eigenvalue weighted by molar-refractivity contribution is 8.04. The number of hydrogen-bond donors (Lipinski definition) is 0.